The molecule has 0 spiro atoms. The van der Waals surface area contributed by atoms with Gasteiger partial charge >= 0.3 is 0 Å². The van der Waals surface area contributed by atoms with Crippen LogP contribution in [0, 0.1) is 5.92 Å². The highest BCUT2D eigenvalue weighted by atomic mass is 32.2. The Balaban J connectivity index is 1.49. The second-order valence-electron chi connectivity index (χ2n) is 6.42. The van der Waals surface area contributed by atoms with Crippen molar-refractivity contribution in [3.8, 4) is 0 Å². The molecule has 0 radical (unpaired) electrons. The van der Waals surface area contributed by atoms with Gasteiger partial charge in [-0.05, 0) is 5.56 Å². The SMILES string of the molecule is O=C(c1cnccn1)N1C[C@@H]2CN(Cc3ccccc3)S(=O)(=O)[C@H]2C1. The zero-order valence-corrected chi connectivity index (χ0v) is 14.3. The van der Waals surface area contributed by atoms with E-state index in [0.717, 1.165) is 5.56 Å². The van der Waals surface area contributed by atoms with Gasteiger partial charge in [0.1, 0.15) is 5.69 Å². The van der Waals surface area contributed by atoms with Crippen molar-refractivity contribution in [1.82, 2.24) is 19.2 Å². The van der Waals surface area contributed by atoms with Gasteiger partial charge in [-0.1, -0.05) is 30.3 Å². The molecule has 2 atom stereocenters. The van der Waals surface area contributed by atoms with Crippen molar-refractivity contribution in [3.05, 3.63) is 60.2 Å². The lowest BCUT2D eigenvalue weighted by Gasteiger charge is -2.21. The van der Waals surface area contributed by atoms with E-state index in [1.54, 1.807) is 9.21 Å². The van der Waals surface area contributed by atoms with Crippen molar-refractivity contribution < 1.29 is 13.2 Å². The number of nitrogens with zero attached hydrogens (tertiary/aromatic N) is 4. The average molecular weight is 358 g/mol. The number of hydrogen-bond acceptors (Lipinski definition) is 5. The van der Waals surface area contributed by atoms with Crippen molar-refractivity contribution in [3.63, 3.8) is 0 Å². The van der Waals surface area contributed by atoms with E-state index in [9.17, 15) is 13.2 Å². The summed E-state index contributed by atoms with van der Waals surface area (Å²) in [5, 5.41) is -0.531. The third kappa shape index (κ3) is 2.91. The Morgan fingerprint density at radius 2 is 1.92 bits per heavy atom. The summed E-state index contributed by atoms with van der Waals surface area (Å²) in [7, 11) is -3.41. The van der Waals surface area contributed by atoms with Crippen molar-refractivity contribution in [2.45, 2.75) is 11.8 Å². The number of amides is 1. The molecule has 0 aliphatic carbocycles. The molecule has 1 aromatic carbocycles. The van der Waals surface area contributed by atoms with E-state index in [1.165, 1.54) is 18.6 Å². The van der Waals surface area contributed by atoms with E-state index in [0.29, 0.717) is 19.6 Å². The molecule has 25 heavy (non-hydrogen) atoms. The van der Waals surface area contributed by atoms with Crippen LogP contribution in [0.15, 0.2) is 48.9 Å². The second kappa shape index (κ2) is 6.20. The van der Waals surface area contributed by atoms with Crippen molar-refractivity contribution in [2.75, 3.05) is 19.6 Å². The average Bonchev–Trinajstić information content (AvgIpc) is 3.15. The van der Waals surface area contributed by atoms with Crippen LogP contribution in [-0.4, -0.2) is 58.4 Å². The number of sulfonamides is 1. The number of carbonyl (C=O) groups is 1. The number of aromatic nitrogens is 2. The lowest BCUT2D eigenvalue weighted by atomic mass is 10.1. The molecule has 1 amide bonds. The Kier molecular flexibility index (Phi) is 4.01. The largest absolute Gasteiger partial charge is 0.336 e. The van der Waals surface area contributed by atoms with Gasteiger partial charge in [-0.3, -0.25) is 9.78 Å². The summed E-state index contributed by atoms with van der Waals surface area (Å²) in [4.78, 5) is 22.0. The van der Waals surface area contributed by atoms with Crippen LogP contribution in [-0.2, 0) is 16.6 Å². The summed E-state index contributed by atoms with van der Waals surface area (Å²) >= 11 is 0. The monoisotopic (exact) mass is 358 g/mol. The molecule has 2 aliphatic heterocycles. The molecule has 0 N–H and O–H groups in total. The molecule has 0 saturated carbocycles. The normalized spacial score (nSPS) is 25.0. The molecular formula is C17H18N4O3S. The summed E-state index contributed by atoms with van der Waals surface area (Å²) in [5.41, 5.74) is 1.22. The maximum absolute atomic E-state index is 12.8. The smallest absolute Gasteiger partial charge is 0.274 e. The topological polar surface area (TPSA) is 83.5 Å². The van der Waals surface area contributed by atoms with Gasteiger partial charge in [-0.2, -0.15) is 4.31 Å². The number of hydrogen-bond donors (Lipinski definition) is 0. The minimum absolute atomic E-state index is 0.0608. The van der Waals surface area contributed by atoms with Crippen LogP contribution in [0.5, 0.6) is 0 Å². The first-order chi connectivity index (χ1) is 12.1. The molecule has 8 heteroatoms. The van der Waals surface area contributed by atoms with Gasteiger partial charge in [0.15, 0.2) is 0 Å². The fourth-order valence-corrected chi connectivity index (χ4v) is 5.73. The summed E-state index contributed by atoms with van der Waals surface area (Å²) in [6.45, 7) is 1.48. The van der Waals surface area contributed by atoms with Crippen molar-refractivity contribution >= 4 is 15.9 Å². The predicted octanol–water partition coefficient (Wildman–Crippen LogP) is 0.763. The van der Waals surface area contributed by atoms with Crippen LogP contribution in [0.2, 0.25) is 0 Å². The third-order valence-corrected chi connectivity index (χ3v) is 7.13. The van der Waals surface area contributed by atoms with E-state index < -0.39 is 15.3 Å². The quantitative estimate of drug-likeness (QED) is 0.809. The van der Waals surface area contributed by atoms with Crippen LogP contribution in [0.4, 0.5) is 0 Å². The van der Waals surface area contributed by atoms with Gasteiger partial charge in [-0.15, -0.1) is 0 Å². The Bertz CT molecular complexity index is 873. The molecule has 4 rings (SSSR count). The zero-order chi connectivity index (χ0) is 17.4. The number of rotatable bonds is 3. The highest BCUT2D eigenvalue weighted by Crippen LogP contribution is 2.35. The molecule has 2 aliphatic rings. The predicted molar refractivity (Wildman–Crippen MR) is 91.0 cm³/mol. The standard InChI is InChI=1S/C17H18N4O3S/c22-17(15-8-18-6-7-19-15)20-10-14-11-21(25(23,24)16(14)12-20)9-13-4-2-1-3-5-13/h1-8,14,16H,9-12H2/t14-,16+/m1/s1. The van der Waals surface area contributed by atoms with E-state index in [1.807, 2.05) is 30.3 Å². The molecule has 3 heterocycles. The molecule has 2 saturated heterocycles. The van der Waals surface area contributed by atoms with Gasteiger partial charge in [0, 0.05) is 44.5 Å². The maximum Gasteiger partial charge on any atom is 0.274 e. The zero-order valence-electron chi connectivity index (χ0n) is 13.5. The molecule has 1 aromatic heterocycles. The first-order valence-electron chi connectivity index (χ1n) is 8.14. The van der Waals surface area contributed by atoms with E-state index in [4.69, 9.17) is 0 Å². The van der Waals surface area contributed by atoms with E-state index >= 15 is 0 Å². The Morgan fingerprint density at radius 3 is 2.60 bits per heavy atom. The molecular weight excluding hydrogens is 340 g/mol. The van der Waals surface area contributed by atoms with Gasteiger partial charge < -0.3 is 4.90 Å². The molecule has 7 nitrogen and oxygen atoms in total. The van der Waals surface area contributed by atoms with Gasteiger partial charge in [0.05, 0.1) is 11.4 Å². The van der Waals surface area contributed by atoms with Crippen LogP contribution in [0.3, 0.4) is 0 Å². The number of carbonyl (C=O) groups excluding carboxylic acids is 1. The minimum atomic E-state index is -3.41. The number of benzene rings is 1. The van der Waals surface area contributed by atoms with Crippen LogP contribution in [0.25, 0.3) is 0 Å². The van der Waals surface area contributed by atoms with E-state index in [2.05, 4.69) is 9.97 Å². The van der Waals surface area contributed by atoms with Crippen molar-refractivity contribution in [2.24, 2.45) is 5.92 Å². The van der Waals surface area contributed by atoms with Gasteiger partial charge in [0.2, 0.25) is 10.0 Å². The lowest BCUT2D eigenvalue weighted by Crippen LogP contribution is -2.37. The highest BCUT2D eigenvalue weighted by Gasteiger charge is 2.52. The van der Waals surface area contributed by atoms with Crippen LogP contribution < -0.4 is 0 Å². The maximum atomic E-state index is 12.8. The third-order valence-electron chi connectivity index (χ3n) is 4.83. The summed E-state index contributed by atoms with van der Waals surface area (Å²) in [6, 6.07) is 9.56. The van der Waals surface area contributed by atoms with Gasteiger partial charge in [0.25, 0.3) is 5.91 Å². The lowest BCUT2D eigenvalue weighted by molar-refractivity contribution is 0.0778. The van der Waals surface area contributed by atoms with Crippen LogP contribution in [0.1, 0.15) is 16.1 Å². The highest BCUT2D eigenvalue weighted by molar-refractivity contribution is 7.90. The molecule has 0 unspecified atom stereocenters. The summed E-state index contributed by atoms with van der Waals surface area (Å²) in [6.07, 6.45) is 4.37. The van der Waals surface area contributed by atoms with Gasteiger partial charge in [-0.25, -0.2) is 13.4 Å². The van der Waals surface area contributed by atoms with E-state index in [-0.39, 0.29) is 24.1 Å². The fourth-order valence-electron chi connectivity index (χ4n) is 3.59. The fraction of sp³-hybridized carbons (Fsp3) is 0.353. The minimum Gasteiger partial charge on any atom is -0.336 e. The Morgan fingerprint density at radius 1 is 1.12 bits per heavy atom. The Hall–Kier alpha value is -2.32. The molecule has 0 bridgehead atoms. The molecule has 2 fully saturated rings. The van der Waals surface area contributed by atoms with Crippen LogP contribution >= 0.6 is 0 Å². The Labute approximate surface area is 146 Å². The van der Waals surface area contributed by atoms with Crippen molar-refractivity contribution in [1.29, 1.82) is 0 Å². The second-order valence-corrected chi connectivity index (χ2v) is 8.57. The number of likely N-dealkylation sites (tertiary alicyclic amines) is 1. The first-order valence-corrected chi connectivity index (χ1v) is 9.64. The number of fused-ring (bicyclic) bond motifs is 1. The summed E-state index contributed by atoms with van der Waals surface area (Å²) < 4.78 is 27.2. The molecule has 2 aromatic rings. The summed E-state index contributed by atoms with van der Waals surface area (Å²) in [5.74, 6) is -0.318. The molecule has 130 valence electrons. The first kappa shape index (κ1) is 16.2.